The Bertz CT molecular complexity index is 953. The van der Waals surface area contributed by atoms with E-state index in [1.165, 1.54) is 16.9 Å². The third-order valence-corrected chi connectivity index (χ3v) is 5.31. The van der Waals surface area contributed by atoms with Gasteiger partial charge in [-0.25, -0.2) is 9.67 Å². The van der Waals surface area contributed by atoms with Crippen molar-refractivity contribution in [2.45, 2.75) is 52.8 Å². The standard InChI is InChI=1S/C21H26F3N5O2/c1-13-16(12-26-29(13)17-6-5-14(11-25-17)21(22,23)24)18(30)27-15-7-9-28(10-8-15)19(31)20(2,3)4/h5-6,11-12,15H,7-10H2,1-4H3,(H,27,30). The second kappa shape index (κ2) is 8.32. The number of amides is 2. The number of nitrogens with zero attached hydrogens (tertiary/aromatic N) is 4. The Morgan fingerprint density at radius 1 is 1.10 bits per heavy atom. The Labute approximate surface area is 178 Å². The lowest BCUT2D eigenvalue weighted by atomic mass is 9.93. The zero-order valence-corrected chi connectivity index (χ0v) is 18.0. The van der Waals surface area contributed by atoms with Gasteiger partial charge in [0, 0.05) is 30.7 Å². The first-order valence-electron chi connectivity index (χ1n) is 10.1. The molecule has 1 saturated heterocycles. The summed E-state index contributed by atoms with van der Waals surface area (Å²) in [4.78, 5) is 30.8. The maximum Gasteiger partial charge on any atom is 0.417 e. The predicted molar refractivity (Wildman–Crippen MR) is 108 cm³/mol. The molecule has 2 aromatic heterocycles. The molecule has 3 rings (SSSR count). The van der Waals surface area contributed by atoms with E-state index >= 15 is 0 Å². The largest absolute Gasteiger partial charge is 0.417 e. The first kappa shape index (κ1) is 22.8. The average molecular weight is 437 g/mol. The lowest BCUT2D eigenvalue weighted by molar-refractivity contribution is -0.140. The fourth-order valence-electron chi connectivity index (χ4n) is 3.51. The van der Waals surface area contributed by atoms with Gasteiger partial charge in [-0.3, -0.25) is 9.59 Å². The summed E-state index contributed by atoms with van der Waals surface area (Å²) in [5.41, 5.74) is -0.482. The van der Waals surface area contributed by atoms with Crippen molar-refractivity contribution in [3.63, 3.8) is 0 Å². The summed E-state index contributed by atoms with van der Waals surface area (Å²) in [5, 5.41) is 7.08. The summed E-state index contributed by atoms with van der Waals surface area (Å²) in [6, 6.07) is 2.07. The van der Waals surface area contributed by atoms with Gasteiger partial charge in [0.15, 0.2) is 5.82 Å². The van der Waals surface area contributed by atoms with Gasteiger partial charge in [0.25, 0.3) is 5.91 Å². The van der Waals surface area contributed by atoms with Crippen LogP contribution in [0.4, 0.5) is 13.2 Å². The molecule has 2 aromatic rings. The molecule has 3 heterocycles. The Hall–Kier alpha value is -2.91. The van der Waals surface area contributed by atoms with Crippen LogP contribution in [0.5, 0.6) is 0 Å². The van der Waals surface area contributed by atoms with E-state index in [0.29, 0.717) is 37.2 Å². The topological polar surface area (TPSA) is 80.1 Å². The molecule has 1 aliphatic rings. The quantitative estimate of drug-likeness (QED) is 0.799. The third-order valence-electron chi connectivity index (χ3n) is 5.31. The van der Waals surface area contributed by atoms with Gasteiger partial charge in [-0.1, -0.05) is 20.8 Å². The molecule has 0 aliphatic carbocycles. The fourth-order valence-corrected chi connectivity index (χ4v) is 3.51. The van der Waals surface area contributed by atoms with Crippen molar-refractivity contribution in [3.05, 3.63) is 41.3 Å². The molecule has 0 aromatic carbocycles. The lowest BCUT2D eigenvalue weighted by Gasteiger charge is -2.36. The number of carbonyl (C=O) groups excluding carboxylic acids is 2. The maximum absolute atomic E-state index is 12.7. The van der Waals surface area contributed by atoms with Gasteiger partial charge in [0.05, 0.1) is 23.0 Å². The SMILES string of the molecule is Cc1c(C(=O)NC2CCN(C(=O)C(C)(C)C)CC2)cnn1-c1ccc(C(F)(F)F)cn1. The average Bonchev–Trinajstić information content (AvgIpc) is 3.08. The highest BCUT2D eigenvalue weighted by Gasteiger charge is 2.32. The Kier molecular flexibility index (Phi) is 6.11. The first-order valence-corrected chi connectivity index (χ1v) is 10.1. The molecular formula is C21H26F3N5O2. The van der Waals surface area contributed by atoms with Crippen LogP contribution in [0.3, 0.4) is 0 Å². The number of halogens is 3. The molecule has 0 radical (unpaired) electrons. The lowest BCUT2D eigenvalue weighted by Crippen LogP contribution is -2.49. The van der Waals surface area contributed by atoms with Crippen molar-refractivity contribution in [2.75, 3.05) is 13.1 Å². The number of nitrogens with one attached hydrogen (secondary N) is 1. The summed E-state index contributed by atoms with van der Waals surface area (Å²) in [7, 11) is 0. The van der Waals surface area contributed by atoms with E-state index < -0.39 is 17.2 Å². The van der Waals surface area contributed by atoms with Crippen molar-refractivity contribution in [1.29, 1.82) is 0 Å². The minimum Gasteiger partial charge on any atom is -0.349 e. The molecule has 7 nitrogen and oxygen atoms in total. The van der Waals surface area contributed by atoms with Gasteiger partial charge in [-0.2, -0.15) is 18.3 Å². The predicted octanol–water partition coefficient (Wildman–Crippen LogP) is 3.36. The molecule has 31 heavy (non-hydrogen) atoms. The molecule has 0 spiro atoms. The molecule has 1 aliphatic heterocycles. The number of hydrogen-bond donors (Lipinski definition) is 1. The Balaban J connectivity index is 1.64. The van der Waals surface area contributed by atoms with Crippen LogP contribution < -0.4 is 5.32 Å². The van der Waals surface area contributed by atoms with Crippen LogP contribution in [0.15, 0.2) is 24.5 Å². The van der Waals surface area contributed by atoms with E-state index in [9.17, 15) is 22.8 Å². The summed E-state index contributed by atoms with van der Waals surface area (Å²) in [6.45, 7) is 8.47. The van der Waals surface area contributed by atoms with Crippen LogP contribution in [0, 0.1) is 12.3 Å². The highest BCUT2D eigenvalue weighted by Crippen LogP contribution is 2.29. The van der Waals surface area contributed by atoms with Crippen LogP contribution in [-0.2, 0) is 11.0 Å². The highest BCUT2D eigenvalue weighted by molar-refractivity contribution is 5.95. The van der Waals surface area contributed by atoms with Crippen molar-refractivity contribution in [2.24, 2.45) is 5.41 Å². The van der Waals surface area contributed by atoms with E-state index in [2.05, 4.69) is 15.4 Å². The van der Waals surface area contributed by atoms with E-state index in [1.807, 2.05) is 25.7 Å². The molecule has 168 valence electrons. The first-order chi connectivity index (χ1) is 14.4. The number of alkyl halides is 3. The molecule has 1 fully saturated rings. The van der Waals surface area contributed by atoms with E-state index in [0.717, 1.165) is 12.3 Å². The number of likely N-dealkylation sites (tertiary alicyclic amines) is 1. The smallest absolute Gasteiger partial charge is 0.349 e. The van der Waals surface area contributed by atoms with E-state index in [-0.39, 0.29) is 23.7 Å². The highest BCUT2D eigenvalue weighted by atomic mass is 19.4. The third kappa shape index (κ3) is 5.05. The van der Waals surface area contributed by atoms with Crippen LogP contribution in [-0.4, -0.2) is 50.6 Å². The molecule has 1 N–H and O–H groups in total. The van der Waals surface area contributed by atoms with Crippen LogP contribution >= 0.6 is 0 Å². The maximum atomic E-state index is 12.7. The molecule has 0 saturated carbocycles. The Morgan fingerprint density at radius 2 is 1.74 bits per heavy atom. The normalized spacial score (nSPS) is 15.8. The summed E-state index contributed by atoms with van der Waals surface area (Å²) >= 11 is 0. The second-order valence-electron chi connectivity index (χ2n) is 8.75. The van der Waals surface area contributed by atoms with Crippen molar-refractivity contribution in [1.82, 2.24) is 25.0 Å². The van der Waals surface area contributed by atoms with Crippen LogP contribution in [0.25, 0.3) is 5.82 Å². The fraction of sp³-hybridized carbons (Fsp3) is 0.524. The Morgan fingerprint density at radius 3 is 2.26 bits per heavy atom. The molecule has 0 atom stereocenters. The number of rotatable bonds is 3. The number of aromatic nitrogens is 3. The molecule has 2 amide bonds. The molecule has 0 bridgehead atoms. The number of pyridine rings is 1. The second-order valence-corrected chi connectivity index (χ2v) is 8.75. The van der Waals surface area contributed by atoms with Gasteiger partial charge >= 0.3 is 6.18 Å². The van der Waals surface area contributed by atoms with E-state index in [4.69, 9.17) is 0 Å². The van der Waals surface area contributed by atoms with Gasteiger partial charge in [-0.15, -0.1) is 0 Å². The monoisotopic (exact) mass is 437 g/mol. The van der Waals surface area contributed by atoms with Gasteiger partial charge in [0.2, 0.25) is 5.91 Å². The molecular weight excluding hydrogens is 411 g/mol. The van der Waals surface area contributed by atoms with Gasteiger partial charge in [0.1, 0.15) is 0 Å². The number of piperidine rings is 1. The number of hydrogen-bond acceptors (Lipinski definition) is 4. The van der Waals surface area contributed by atoms with Crippen molar-refractivity contribution < 1.29 is 22.8 Å². The van der Waals surface area contributed by atoms with Gasteiger partial charge in [-0.05, 0) is 31.9 Å². The molecule has 10 heteroatoms. The zero-order valence-electron chi connectivity index (χ0n) is 18.0. The van der Waals surface area contributed by atoms with Gasteiger partial charge < -0.3 is 10.2 Å². The summed E-state index contributed by atoms with van der Waals surface area (Å²) in [5.74, 6) is -0.0201. The van der Waals surface area contributed by atoms with Crippen molar-refractivity contribution >= 4 is 11.8 Å². The van der Waals surface area contributed by atoms with Crippen LogP contribution in [0.1, 0.15) is 55.2 Å². The summed E-state index contributed by atoms with van der Waals surface area (Å²) in [6.07, 6.45) is -1.05. The minimum atomic E-state index is -4.47. The van der Waals surface area contributed by atoms with Crippen molar-refractivity contribution in [3.8, 4) is 5.82 Å². The molecule has 0 unspecified atom stereocenters. The number of carbonyl (C=O) groups is 2. The minimum absolute atomic E-state index is 0.0662. The zero-order chi connectivity index (χ0) is 23.0. The van der Waals surface area contributed by atoms with E-state index in [1.54, 1.807) is 6.92 Å². The summed E-state index contributed by atoms with van der Waals surface area (Å²) < 4.78 is 39.5. The van der Waals surface area contributed by atoms with Crippen LogP contribution in [0.2, 0.25) is 0 Å².